The normalized spacial score (nSPS) is 11.7. The average molecular weight is 473 g/mol. The van der Waals surface area contributed by atoms with Crippen molar-refractivity contribution in [1.82, 2.24) is 9.71 Å². The van der Waals surface area contributed by atoms with E-state index in [0.717, 1.165) is 16.8 Å². The number of halogens is 2. The van der Waals surface area contributed by atoms with Crippen LogP contribution in [0.15, 0.2) is 30.3 Å². The summed E-state index contributed by atoms with van der Waals surface area (Å²) in [7, 11) is -3.23. The smallest absolute Gasteiger partial charge is 0.210 e. The number of carbonyl (C=O) groups excluding carboxylic acids is 1. The summed E-state index contributed by atoms with van der Waals surface area (Å²) in [6, 6.07) is 8.75. The maximum atomic E-state index is 12.5. The number of aromatic nitrogens is 1. The van der Waals surface area contributed by atoms with E-state index in [2.05, 4.69) is 9.71 Å². The summed E-state index contributed by atoms with van der Waals surface area (Å²) in [5.41, 5.74) is 1.28. The number of ketones is 1. The number of nitrogens with zero attached hydrogens (tertiary/aromatic N) is 1. The number of ether oxygens (including phenoxy) is 1. The van der Waals surface area contributed by atoms with Crippen LogP contribution in [-0.2, 0) is 16.4 Å². The van der Waals surface area contributed by atoms with E-state index in [9.17, 15) is 13.2 Å². The first kappa shape index (κ1) is 22.0. The van der Waals surface area contributed by atoms with Crippen LogP contribution in [0.25, 0.3) is 10.9 Å². The van der Waals surface area contributed by atoms with Crippen molar-refractivity contribution in [1.29, 1.82) is 0 Å². The molecule has 0 bridgehead atoms. The van der Waals surface area contributed by atoms with Crippen LogP contribution in [-0.4, -0.2) is 38.6 Å². The van der Waals surface area contributed by atoms with Crippen LogP contribution in [0.2, 0.25) is 10.0 Å². The Morgan fingerprint density at radius 2 is 1.97 bits per heavy atom. The summed E-state index contributed by atoms with van der Waals surface area (Å²) in [4.78, 5) is 18.4. The van der Waals surface area contributed by atoms with Crippen LogP contribution < -0.4 is 9.46 Å². The molecular weight excluding hydrogens is 455 g/mol. The van der Waals surface area contributed by atoms with Crippen LogP contribution >= 0.6 is 34.5 Å². The van der Waals surface area contributed by atoms with Crippen molar-refractivity contribution in [3.05, 3.63) is 55.8 Å². The number of rotatable bonds is 8. The number of carbonyl (C=O) groups is 1. The van der Waals surface area contributed by atoms with Crippen molar-refractivity contribution in [2.45, 2.75) is 13.3 Å². The van der Waals surface area contributed by atoms with Crippen LogP contribution in [0.5, 0.6) is 5.75 Å². The zero-order valence-electron chi connectivity index (χ0n) is 15.7. The molecular formula is C19H18Cl2N2O4S2. The van der Waals surface area contributed by atoms with Gasteiger partial charge < -0.3 is 4.74 Å². The highest BCUT2D eigenvalue weighted by Gasteiger charge is 2.16. The lowest BCUT2D eigenvalue weighted by atomic mass is 10.2. The number of sulfonamides is 1. The van der Waals surface area contributed by atoms with Gasteiger partial charge in [-0.3, -0.25) is 4.79 Å². The van der Waals surface area contributed by atoms with Crippen molar-refractivity contribution in [2.24, 2.45) is 0 Å². The van der Waals surface area contributed by atoms with Gasteiger partial charge in [0.05, 0.1) is 21.2 Å². The number of thiophene rings is 1. The molecule has 0 atom stereocenters. The van der Waals surface area contributed by atoms with Crippen LogP contribution in [0.3, 0.4) is 0 Å². The molecule has 3 aromatic rings. The quantitative estimate of drug-likeness (QED) is 0.494. The first-order chi connectivity index (χ1) is 13.6. The number of hydrogen-bond donors (Lipinski definition) is 1. The number of pyridine rings is 1. The molecule has 10 heteroatoms. The van der Waals surface area contributed by atoms with Crippen molar-refractivity contribution in [3.63, 3.8) is 0 Å². The predicted molar refractivity (Wildman–Crippen MR) is 117 cm³/mol. The standard InChI is InChI=1S/C19H18Cl2N2O4S2/c1-11-3-5-13-14(20)9-15(21)19(18(13)23-11)27-10-16(24)17-6-4-12(28-17)7-8-22-29(2,25)26/h3-6,9,22H,7-8,10H2,1-2H3. The lowest BCUT2D eigenvalue weighted by molar-refractivity contribution is 0.0926. The highest BCUT2D eigenvalue weighted by Crippen LogP contribution is 2.37. The van der Waals surface area contributed by atoms with Gasteiger partial charge in [-0.1, -0.05) is 23.2 Å². The molecule has 0 aliphatic rings. The van der Waals surface area contributed by atoms with E-state index in [1.165, 1.54) is 11.3 Å². The molecule has 0 saturated heterocycles. The Bertz CT molecular complexity index is 1180. The van der Waals surface area contributed by atoms with E-state index in [-0.39, 0.29) is 24.0 Å². The van der Waals surface area contributed by atoms with Gasteiger partial charge in [-0.15, -0.1) is 11.3 Å². The van der Waals surface area contributed by atoms with Crippen LogP contribution in [0, 0.1) is 6.92 Å². The number of nitrogens with one attached hydrogen (secondary N) is 1. The minimum absolute atomic E-state index is 0.201. The van der Waals surface area contributed by atoms with E-state index in [1.54, 1.807) is 18.2 Å². The van der Waals surface area contributed by atoms with Gasteiger partial charge in [-0.2, -0.15) is 0 Å². The van der Waals surface area contributed by atoms with Gasteiger partial charge in [-0.05, 0) is 43.7 Å². The molecule has 0 aliphatic carbocycles. The SMILES string of the molecule is Cc1ccc2c(Cl)cc(Cl)c(OCC(=O)c3ccc(CCNS(C)(=O)=O)s3)c2n1. The third-order valence-corrected chi connectivity index (χ3v) is 6.50. The van der Waals surface area contributed by atoms with E-state index in [4.69, 9.17) is 27.9 Å². The summed E-state index contributed by atoms with van der Waals surface area (Å²) in [5, 5.41) is 1.44. The third kappa shape index (κ3) is 5.67. The van der Waals surface area contributed by atoms with Crippen molar-refractivity contribution in [3.8, 4) is 5.75 Å². The Kier molecular flexibility index (Phi) is 6.80. The lowest BCUT2D eigenvalue weighted by Crippen LogP contribution is -2.24. The Balaban J connectivity index is 1.71. The van der Waals surface area contributed by atoms with Crippen molar-refractivity contribution >= 4 is 61.2 Å². The van der Waals surface area contributed by atoms with Gasteiger partial charge in [0.2, 0.25) is 15.8 Å². The van der Waals surface area contributed by atoms with Gasteiger partial charge in [0.15, 0.2) is 12.4 Å². The molecule has 29 heavy (non-hydrogen) atoms. The predicted octanol–water partition coefficient (Wildman–Crippen LogP) is 4.26. The van der Waals surface area contributed by atoms with Crippen molar-refractivity contribution in [2.75, 3.05) is 19.4 Å². The molecule has 154 valence electrons. The minimum Gasteiger partial charge on any atom is -0.482 e. The maximum absolute atomic E-state index is 12.5. The molecule has 2 aromatic heterocycles. The zero-order valence-corrected chi connectivity index (χ0v) is 18.8. The third-order valence-electron chi connectivity index (χ3n) is 4.00. The summed E-state index contributed by atoms with van der Waals surface area (Å²) in [6.07, 6.45) is 1.61. The van der Waals surface area contributed by atoms with E-state index in [1.807, 2.05) is 19.1 Å². The van der Waals surface area contributed by atoms with Gasteiger partial charge in [0.1, 0.15) is 5.52 Å². The topological polar surface area (TPSA) is 85.4 Å². The largest absolute Gasteiger partial charge is 0.482 e. The Morgan fingerprint density at radius 3 is 2.69 bits per heavy atom. The molecule has 0 amide bonds. The Morgan fingerprint density at radius 1 is 1.21 bits per heavy atom. The first-order valence-electron chi connectivity index (χ1n) is 8.59. The van der Waals surface area contributed by atoms with Crippen LogP contribution in [0.1, 0.15) is 20.2 Å². The molecule has 2 heterocycles. The Hall–Kier alpha value is -1.71. The summed E-state index contributed by atoms with van der Waals surface area (Å²) in [5.74, 6) is 0.112. The number of fused-ring (bicyclic) bond motifs is 1. The fourth-order valence-electron chi connectivity index (χ4n) is 2.66. The fourth-order valence-corrected chi connectivity index (χ4v) is 4.63. The molecule has 0 saturated carbocycles. The molecule has 0 aliphatic heterocycles. The second kappa shape index (κ2) is 8.97. The van der Waals surface area contributed by atoms with Gasteiger partial charge >= 0.3 is 0 Å². The summed E-state index contributed by atoms with van der Waals surface area (Å²) >= 11 is 13.8. The van der Waals surface area contributed by atoms with Gasteiger partial charge in [-0.25, -0.2) is 18.1 Å². The summed E-state index contributed by atoms with van der Waals surface area (Å²) < 4.78 is 30.4. The molecule has 0 spiro atoms. The average Bonchev–Trinajstić information content (AvgIpc) is 3.09. The number of hydrogen-bond acceptors (Lipinski definition) is 6. The van der Waals surface area contributed by atoms with Crippen molar-refractivity contribution < 1.29 is 17.9 Å². The van der Waals surface area contributed by atoms with Gasteiger partial charge in [0.25, 0.3) is 0 Å². The molecule has 1 aromatic carbocycles. The maximum Gasteiger partial charge on any atom is 0.210 e. The van der Waals surface area contributed by atoms with E-state index in [0.29, 0.717) is 33.0 Å². The first-order valence-corrected chi connectivity index (χ1v) is 12.0. The van der Waals surface area contributed by atoms with Gasteiger partial charge in [0, 0.05) is 22.5 Å². The Labute approximate surface area is 182 Å². The number of benzene rings is 1. The zero-order chi connectivity index (χ0) is 21.2. The fraction of sp³-hybridized carbons (Fsp3) is 0.263. The number of aryl methyl sites for hydroxylation is 1. The van der Waals surface area contributed by atoms with E-state index < -0.39 is 10.0 Å². The number of Topliss-reactive ketones (excluding diaryl/α,β-unsaturated/α-hetero) is 1. The molecule has 1 N–H and O–H groups in total. The molecule has 0 radical (unpaired) electrons. The minimum atomic E-state index is -3.23. The second-order valence-corrected chi connectivity index (χ2v) is 10.2. The molecule has 0 fully saturated rings. The second-order valence-electron chi connectivity index (χ2n) is 6.41. The highest BCUT2D eigenvalue weighted by molar-refractivity contribution is 7.88. The van der Waals surface area contributed by atoms with E-state index >= 15 is 0 Å². The molecule has 0 unspecified atom stereocenters. The highest BCUT2D eigenvalue weighted by atomic mass is 35.5. The summed E-state index contributed by atoms with van der Waals surface area (Å²) in [6.45, 7) is 1.92. The monoisotopic (exact) mass is 472 g/mol. The lowest BCUT2D eigenvalue weighted by Gasteiger charge is -2.11. The molecule has 6 nitrogen and oxygen atoms in total. The van der Waals surface area contributed by atoms with Crippen LogP contribution in [0.4, 0.5) is 0 Å². The molecule has 3 rings (SSSR count).